The first-order valence-corrected chi connectivity index (χ1v) is 9.10. The van der Waals surface area contributed by atoms with E-state index in [-0.39, 0.29) is 17.9 Å². The summed E-state index contributed by atoms with van der Waals surface area (Å²) in [6.45, 7) is 2.49. The lowest BCUT2D eigenvalue weighted by Gasteiger charge is -2.20. The minimum Gasteiger partial charge on any atom is -0.493 e. The average Bonchev–Trinajstić information content (AvgIpc) is 3.33. The molecule has 1 amide bonds. The standard InChI is InChI=1S/C19H26N4O5/c1-11(20-2)6-16-21-19(28-22-16)12-7-17(24)23(10-12)13-8-14(25-3)18(27-5)15(9-13)26-4/h8-9,11-12,20H,6-7,10H2,1-5H3. The van der Waals surface area contributed by atoms with E-state index in [9.17, 15) is 4.79 Å². The molecule has 0 aliphatic carbocycles. The van der Waals surface area contributed by atoms with Gasteiger partial charge in [0.15, 0.2) is 17.3 Å². The van der Waals surface area contributed by atoms with E-state index < -0.39 is 0 Å². The average molecular weight is 390 g/mol. The van der Waals surface area contributed by atoms with Crippen LogP contribution in [0.25, 0.3) is 0 Å². The maximum atomic E-state index is 12.7. The van der Waals surface area contributed by atoms with E-state index in [2.05, 4.69) is 15.5 Å². The molecule has 2 heterocycles. The van der Waals surface area contributed by atoms with Crippen LogP contribution in [0.1, 0.15) is 31.0 Å². The van der Waals surface area contributed by atoms with Crippen molar-refractivity contribution in [1.29, 1.82) is 0 Å². The van der Waals surface area contributed by atoms with Crippen LogP contribution in [0.3, 0.4) is 0 Å². The van der Waals surface area contributed by atoms with E-state index in [4.69, 9.17) is 18.7 Å². The molecule has 3 rings (SSSR count). The quantitative estimate of drug-likeness (QED) is 0.728. The molecule has 2 aromatic rings. The number of carbonyl (C=O) groups excluding carboxylic acids is 1. The number of carbonyl (C=O) groups is 1. The Bertz CT molecular complexity index is 812. The number of rotatable bonds is 8. The summed E-state index contributed by atoms with van der Waals surface area (Å²) in [7, 11) is 6.51. The van der Waals surface area contributed by atoms with E-state index in [0.29, 0.717) is 54.0 Å². The van der Waals surface area contributed by atoms with Gasteiger partial charge in [-0.25, -0.2) is 0 Å². The topological polar surface area (TPSA) is 99.0 Å². The summed E-state index contributed by atoms with van der Waals surface area (Å²) >= 11 is 0. The summed E-state index contributed by atoms with van der Waals surface area (Å²) in [5.74, 6) is 2.41. The number of benzene rings is 1. The Morgan fingerprint density at radius 3 is 2.50 bits per heavy atom. The molecule has 0 spiro atoms. The largest absolute Gasteiger partial charge is 0.493 e. The van der Waals surface area contributed by atoms with Crippen LogP contribution in [-0.4, -0.2) is 57.0 Å². The van der Waals surface area contributed by atoms with Gasteiger partial charge in [-0.05, 0) is 14.0 Å². The fourth-order valence-electron chi connectivity index (χ4n) is 3.24. The third-order valence-corrected chi connectivity index (χ3v) is 4.90. The van der Waals surface area contributed by atoms with Gasteiger partial charge in [-0.15, -0.1) is 0 Å². The minimum absolute atomic E-state index is 0.0254. The zero-order valence-electron chi connectivity index (χ0n) is 16.8. The fourth-order valence-corrected chi connectivity index (χ4v) is 3.24. The van der Waals surface area contributed by atoms with Gasteiger partial charge in [0.2, 0.25) is 17.5 Å². The third kappa shape index (κ3) is 3.89. The monoisotopic (exact) mass is 390 g/mol. The Morgan fingerprint density at radius 1 is 1.25 bits per heavy atom. The van der Waals surface area contributed by atoms with Gasteiger partial charge in [-0.3, -0.25) is 4.79 Å². The van der Waals surface area contributed by atoms with Gasteiger partial charge < -0.3 is 29.0 Å². The van der Waals surface area contributed by atoms with Gasteiger partial charge >= 0.3 is 0 Å². The third-order valence-electron chi connectivity index (χ3n) is 4.90. The lowest BCUT2D eigenvalue weighted by Crippen LogP contribution is -2.24. The summed E-state index contributed by atoms with van der Waals surface area (Å²) in [5, 5.41) is 7.18. The van der Waals surface area contributed by atoms with E-state index in [1.807, 2.05) is 14.0 Å². The van der Waals surface area contributed by atoms with Crippen molar-refractivity contribution in [2.24, 2.45) is 0 Å². The molecule has 1 fully saturated rings. The van der Waals surface area contributed by atoms with Crippen LogP contribution in [0.5, 0.6) is 17.2 Å². The molecule has 2 unspecified atom stereocenters. The second-order valence-electron chi connectivity index (χ2n) is 6.73. The molecular weight excluding hydrogens is 364 g/mol. The van der Waals surface area contributed by atoms with Gasteiger partial charge in [0.25, 0.3) is 0 Å². The molecule has 9 nitrogen and oxygen atoms in total. The molecule has 1 aromatic heterocycles. The highest BCUT2D eigenvalue weighted by atomic mass is 16.5. The fraction of sp³-hybridized carbons (Fsp3) is 0.526. The molecule has 1 saturated heterocycles. The van der Waals surface area contributed by atoms with Crippen LogP contribution in [0.4, 0.5) is 5.69 Å². The van der Waals surface area contributed by atoms with Crippen LogP contribution in [0, 0.1) is 0 Å². The molecule has 1 N–H and O–H groups in total. The number of amides is 1. The number of nitrogens with one attached hydrogen (secondary N) is 1. The van der Waals surface area contributed by atoms with Crippen LogP contribution in [0.15, 0.2) is 16.7 Å². The van der Waals surface area contributed by atoms with Gasteiger partial charge in [0, 0.05) is 37.6 Å². The maximum absolute atomic E-state index is 12.7. The zero-order valence-corrected chi connectivity index (χ0v) is 16.8. The first-order valence-electron chi connectivity index (χ1n) is 9.10. The van der Waals surface area contributed by atoms with E-state index >= 15 is 0 Å². The van der Waals surface area contributed by atoms with Crippen molar-refractivity contribution in [3.63, 3.8) is 0 Å². The highest BCUT2D eigenvalue weighted by molar-refractivity contribution is 5.97. The molecule has 9 heteroatoms. The molecule has 28 heavy (non-hydrogen) atoms. The Kier molecular flexibility index (Phi) is 6.03. The number of hydrogen-bond donors (Lipinski definition) is 1. The second kappa shape index (κ2) is 8.47. The summed E-state index contributed by atoms with van der Waals surface area (Å²) in [6, 6.07) is 3.76. The van der Waals surface area contributed by atoms with Crippen LogP contribution >= 0.6 is 0 Å². The van der Waals surface area contributed by atoms with Crippen molar-refractivity contribution in [3.8, 4) is 17.2 Å². The van der Waals surface area contributed by atoms with Crippen LogP contribution < -0.4 is 24.4 Å². The van der Waals surface area contributed by atoms with E-state index in [1.165, 1.54) is 0 Å². The lowest BCUT2D eigenvalue weighted by atomic mass is 10.1. The van der Waals surface area contributed by atoms with Crippen LogP contribution in [-0.2, 0) is 11.2 Å². The number of ether oxygens (including phenoxy) is 3. The molecule has 0 radical (unpaired) electrons. The molecule has 1 aliphatic heterocycles. The summed E-state index contributed by atoms with van der Waals surface area (Å²) in [4.78, 5) is 18.8. The normalized spacial score (nSPS) is 17.7. The number of likely N-dealkylation sites (N-methyl/N-ethyl adjacent to an activating group) is 1. The number of nitrogens with zero attached hydrogens (tertiary/aromatic N) is 3. The molecule has 152 valence electrons. The Morgan fingerprint density at radius 2 is 1.93 bits per heavy atom. The summed E-state index contributed by atoms with van der Waals surface area (Å²) < 4.78 is 21.5. The molecule has 0 saturated carbocycles. The van der Waals surface area contributed by atoms with Crippen LogP contribution in [0.2, 0.25) is 0 Å². The number of methoxy groups -OCH3 is 3. The number of hydrogen-bond acceptors (Lipinski definition) is 8. The Hall–Kier alpha value is -2.81. The number of aromatic nitrogens is 2. The molecule has 1 aromatic carbocycles. The van der Waals surface area contributed by atoms with Crippen molar-refractivity contribution in [2.75, 3.05) is 39.8 Å². The number of anilines is 1. The maximum Gasteiger partial charge on any atom is 0.232 e. The lowest BCUT2D eigenvalue weighted by molar-refractivity contribution is -0.117. The molecular formula is C19H26N4O5. The zero-order chi connectivity index (χ0) is 20.3. The minimum atomic E-state index is -0.155. The Balaban J connectivity index is 1.81. The van der Waals surface area contributed by atoms with E-state index in [1.54, 1.807) is 38.4 Å². The van der Waals surface area contributed by atoms with Gasteiger partial charge in [0.05, 0.1) is 32.9 Å². The molecule has 1 aliphatic rings. The second-order valence-corrected chi connectivity index (χ2v) is 6.73. The highest BCUT2D eigenvalue weighted by Gasteiger charge is 2.36. The molecule has 0 bridgehead atoms. The van der Waals surface area contributed by atoms with Crippen molar-refractivity contribution in [3.05, 3.63) is 23.8 Å². The SMILES string of the molecule is CNC(C)Cc1noc(C2CC(=O)N(c3cc(OC)c(OC)c(OC)c3)C2)n1. The first-order chi connectivity index (χ1) is 13.5. The van der Waals surface area contributed by atoms with Crippen molar-refractivity contribution < 1.29 is 23.5 Å². The first kappa shape index (κ1) is 19.9. The predicted octanol–water partition coefficient (Wildman–Crippen LogP) is 1.77. The van der Waals surface area contributed by atoms with Gasteiger partial charge in [-0.2, -0.15) is 4.98 Å². The predicted molar refractivity (Wildman–Crippen MR) is 102 cm³/mol. The summed E-state index contributed by atoms with van der Waals surface area (Å²) in [5.41, 5.74) is 0.672. The highest BCUT2D eigenvalue weighted by Crippen LogP contribution is 2.42. The van der Waals surface area contributed by atoms with Crippen molar-refractivity contribution in [1.82, 2.24) is 15.5 Å². The molecule has 2 atom stereocenters. The summed E-state index contributed by atoms with van der Waals surface area (Å²) in [6.07, 6.45) is 0.969. The van der Waals surface area contributed by atoms with Crippen molar-refractivity contribution in [2.45, 2.75) is 31.7 Å². The van der Waals surface area contributed by atoms with Gasteiger partial charge in [-0.1, -0.05) is 5.16 Å². The smallest absolute Gasteiger partial charge is 0.232 e. The van der Waals surface area contributed by atoms with Gasteiger partial charge in [0.1, 0.15) is 0 Å². The van der Waals surface area contributed by atoms with E-state index in [0.717, 1.165) is 0 Å². The Labute approximate surface area is 163 Å². The van der Waals surface area contributed by atoms with Crippen molar-refractivity contribution >= 4 is 11.6 Å².